The number of aldehydes is 1. The van der Waals surface area contributed by atoms with Gasteiger partial charge < -0.3 is 10.0 Å². The summed E-state index contributed by atoms with van der Waals surface area (Å²) < 4.78 is 0. The van der Waals surface area contributed by atoms with E-state index in [4.69, 9.17) is 16.7 Å². The first-order valence-electron chi connectivity index (χ1n) is 5.34. The van der Waals surface area contributed by atoms with Gasteiger partial charge in [0.05, 0.1) is 17.3 Å². The molecule has 4 heteroatoms. The minimum Gasteiger partial charge on any atom is -0.395 e. The fourth-order valence-corrected chi connectivity index (χ4v) is 1.99. The van der Waals surface area contributed by atoms with Crippen LogP contribution in [0.2, 0.25) is 5.02 Å². The number of hydrogen-bond acceptors (Lipinski definition) is 3. The van der Waals surface area contributed by atoms with Crippen molar-refractivity contribution in [2.45, 2.75) is 13.3 Å². The Balaban J connectivity index is 3.10. The van der Waals surface area contributed by atoms with Crippen LogP contribution in [0.15, 0.2) is 18.2 Å². The summed E-state index contributed by atoms with van der Waals surface area (Å²) in [5, 5.41) is 9.55. The van der Waals surface area contributed by atoms with Gasteiger partial charge in [-0.05, 0) is 18.6 Å². The molecule has 0 aliphatic heterocycles. The standard InChI is InChI=1S/C12H16ClNO2/c1-2-6-14(7-8-15)12-10(9-16)4-3-5-11(12)13/h3-5,9,15H,2,6-8H2,1H3. The summed E-state index contributed by atoms with van der Waals surface area (Å²) in [6.07, 6.45) is 1.73. The SMILES string of the molecule is CCCN(CCO)c1c(Cl)cccc1C=O. The van der Waals surface area contributed by atoms with Gasteiger partial charge in [0.15, 0.2) is 6.29 Å². The van der Waals surface area contributed by atoms with Crippen molar-refractivity contribution in [3.8, 4) is 0 Å². The molecule has 0 saturated heterocycles. The maximum Gasteiger partial charge on any atom is 0.152 e. The van der Waals surface area contributed by atoms with E-state index in [0.717, 1.165) is 24.9 Å². The number of aliphatic hydroxyl groups excluding tert-OH is 1. The second-order valence-electron chi connectivity index (χ2n) is 3.51. The Bertz CT molecular complexity index is 349. The minimum atomic E-state index is 0.0452. The summed E-state index contributed by atoms with van der Waals surface area (Å²) in [7, 11) is 0. The Morgan fingerprint density at radius 2 is 2.19 bits per heavy atom. The largest absolute Gasteiger partial charge is 0.395 e. The lowest BCUT2D eigenvalue weighted by Gasteiger charge is -2.25. The predicted molar refractivity (Wildman–Crippen MR) is 66.4 cm³/mol. The third-order valence-corrected chi connectivity index (χ3v) is 2.63. The monoisotopic (exact) mass is 241 g/mol. The van der Waals surface area contributed by atoms with E-state index >= 15 is 0 Å². The maximum atomic E-state index is 10.9. The number of rotatable bonds is 6. The molecule has 0 heterocycles. The van der Waals surface area contributed by atoms with Gasteiger partial charge >= 0.3 is 0 Å². The molecule has 88 valence electrons. The Kier molecular flexibility index (Phi) is 5.29. The Hall–Kier alpha value is -1.06. The number of nitrogens with zero attached hydrogens (tertiary/aromatic N) is 1. The van der Waals surface area contributed by atoms with E-state index in [9.17, 15) is 4.79 Å². The topological polar surface area (TPSA) is 40.5 Å². The molecular weight excluding hydrogens is 226 g/mol. The number of aliphatic hydroxyl groups is 1. The highest BCUT2D eigenvalue weighted by molar-refractivity contribution is 6.33. The Morgan fingerprint density at radius 1 is 1.44 bits per heavy atom. The van der Waals surface area contributed by atoms with Gasteiger partial charge in [-0.25, -0.2) is 0 Å². The predicted octanol–water partition coefficient (Wildman–Crippen LogP) is 2.36. The molecule has 0 saturated carbocycles. The van der Waals surface area contributed by atoms with Crippen LogP contribution in [0.25, 0.3) is 0 Å². The number of halogens is 1. The first-order valence-corrected chi connectivity index (χ1v) is 5.71. The summed E-state index contributed by atoms with van der Waals surface area (Å²) in [5.74, 6) is 0. The zero-order valence-corrected chi connectivity index (χ0v) is 10.1. The van der Waals surface area contributed by atoms with Gasteiger partial charge in [-0.3, -0.25) is 4.79 Å². The van der Waals surface area contributed by atoms with Crippen molar-refractivity contribution in [2.24, 2.45) is 0 Å². The van der Waals surface area contributed by atoms with Gasteiger partial charge in [0.25, 0.3) is 0 Å². The van der Waals surface area contributed by atoms with E-state index in [1.54, 1.807) is 18.2 Å². The van der Waals surface area contributed by atoms with Crippen LogP contribution in [0.5, 0.6) is 0 Å². The van der Waals surface area contributed by atoms with Gasteiger partial charge in [-0.15, -0.1) is 0 Å². The highest BCUT2D eigenvalue weighted by atomic mass is 35.5. The van der Waals surface area contributed by atoms with Crippen molar-refractivity contribution in [3.05, 3.63) is 28.8 Å². The second kappa shape index (κ2) is 6.51. The van der Waals surface area contributed by atoms with E-state index in [1.165, 1.54) is 0 Å². The number of benzene rings is 1. The van der Waals surface area contributed by atoms with Crippen LogP contribution in [0.1, 0.15) is 23.7 Å². The highest BCUT2D eigenvalue weighted by Gasteiger charge is 2.13. The molecule has 0 atom stereocenters. The van der Waals surface area contributed by atoms with Gasteiger partial charge in [-0.2, -0.15) is 0 Å². The second-order valence-corrected chi connectivity index (χ2v) is 3.91. The van der Waals surface area contributed by atoms with Crippen molar-refractivity contribution >= 4 is 23.6 Å². The number of carbonyl (C=O) groups excluding carboxylic acids is 1. The molecule has 0 unspecified atom stereocenters. The average Bonchev–Trinajstić information content (AvgIpc) is 2.28. The first-order chi connectivity index (χ1) is 7.74. The Morgan fingerprint density at radius 3 is 2.75 bits per heavy atom. The third kappa shape index (κ3) is 2.97. The van der Waals surface area contributed by atoms with Gasteiger partial charge in [0.1, 0.15) is 0 Å². The lowest BCUT2D eigenvalue weighted by atomic mass is 10.1. The molecule has 3 nitrogen and oxygen atoms in total. The third-order valence-electron chi connectivity index (χ3n) is 2.32. The molecule has 1 rings (SSSR count). The summed E-state index contributed by atoms with van der Waals surface area (Å²) in [6, 6.07) is 5.23. The quantitative estimate of drug-likeness (QED) is 0.778. The molecule has 0 bridgehead atoms. The van der Waals surface area contributed by atoms with E-state index in [1.807, 2.05) is 11.8 Å². The molecule has 1 aromatic rings. The molecule has 1 aromatic carbocycles. The van der Waals surface area contributed by atoms with Crippen LogP contribution < -0.4 is 4.90 Å². The van der Waals surface area contributed by atoms with Crippen molar-refractivity contribution in [1.82, 2.24) is 0 Å². The van der Waals surface area contributed by atoms with Gasteiger partial charge in [0.2, 0.25) is 0 Å². The fraction of sp³-hybridized carbons (Fsp3) is 0.417. The zero-order chi connectivity index (χ0) is 12.0. The van der Waals surface area contributed by atoms with Gasteiger partial charge in [0, 0.05) is 18.7 Å². The summed E-state index contributed by atoms with van der Waals surface area (Å²) in [5.41, 5.74) is 1.28. The number of anilines is 1. The van der Waals surface area contributed by atoms with Crippen LogP contribution in [-0.2, 0) is 0 Å². The van der Waals surface area contributed by atoms with Crippen LogP contribution in [0.3, 0.4) is 0 Å². The molecule has 0 fully saturated rings. The molecule has 0 aliphatic rings. The zero-order valence-electron chi connectivity index (χ0n) is 9.32. The van der Waals surface area contributed by atoms with Crippen molar-refractivity contribution in [2.75, 3.05) is 24.6 Å². The van der Waals surface area contributed by atoms with E-state index < -0.39 is 0 Å². The fourth-order valence-electron chi connectivity index (χ4n) is 1.69. The summed E-state index contributed by atoms with van der Waals surface area (Å²) in [4.78, 5) is 12.9. The lowest BCUT2D eigenvalue weighted by molar-refractivity contribution is 0.112. The van der Waals surface area contributed by atoms with Crippen LogP contribution in [-0.4, -0.2) is 31.1 Å². The molecule has 0 amide bonds. The normalized spacial score (nSPS) is 10.2. The average molecular weight is 242 g/mol. The van der Waals surface area contributed by atoms with Crippen molar-refractivity contribution in [3.63, 3.8) is 0 Å². The number of para-hydroxylation sites is 1. The molecule has 0 aliphatic carbocycles. The molecule has 0 aromatic heterocycles. The molecule has 16 heavy (non-hydrogen) atoms. The van der Waals surface area contributed by atoms with E-state index in [0.29, 0.717) is 17.1 Å². The molecular formula is C12H16ClNO2. The van der Waals surface area contributed by atoms with E-state index in [-0.39, 0.29) is 6.61 Å². The summed E-state index contributed by atoms with van der Waals surface area (Å²) in [6.45, 7) is 3.34. The van der Waals surface area contributed by atoms with Crippen molar-refractivity contribution < 1.29 is 9.90 Å². The smallest absolute Gasteiger partial charge is 0.152 e. The van der Waals surface area contributed by atoms with Crippen LogP contribution in [0, 0.1) is 0 Å². The molecule has 1 N–H and O–H groups in total. The minimum absolute atomic E-state index is 0.0452. The van der Waals surface area contributed by atoms with Gasteiger partial charge in [-0.1, -0.05) is 24.6 Å². The summed E-state index contributed by atoms with van der Waals surface area (Å²) >= 11 is 6.09. The highest BCUT2D eigenvalue weighted by Crippen LogP contribution is 2.28. The maximum absolute atomic E-state index is 10.9. The first kappa shape index (κ1) is 13.0. The Labute approximate surface area is 101 Å². The lowest BCUT2D eigenvalue weighted by Crippen LogP contribution is -2.28. The van der Waals surface area contributed by atoms with E-state index in [2.05, 4.69) is 0 Å². The molecule has 0 radical (unpaired) electrons. The van der Waals surface area contributed by atoms with Crippen molar-refractivity contribution in [1.29, 1.82) is 0 Å². The number of hydrogen-bond donors (Lipinski definition) is 1. The number of carbonyl (C=O) groups is 1. The van der Waals surface area contributed by atoms with Crippen LogP contribution >= 0.6 is 11.6 Å². The molecule has 0 spiro atoms. The van der Waals surface area contributed by atoms with Crippen LogP contribution in [0.4, 0.5) is 5.69 Å².